The summed E-state index contributed by atoms with van der Waals surface area (Å²) in [6.45, 7) is 0.301. The Morgan fingerprint density at radius 3 is 2.53 bits per heavy atom. The molecular formula is C11H12F3NO2. The van der Waals surface area contributed by atoms with E-state index in [0.29, 0.717) is 19.4 Å². The molecule has 0 heterocycles. The van der Waals surface area contributed by atoms with E-state index in [0.717, 1.165) is 12.1 Å². The molecule has 0 aliphatic carbocycles. The summed E-state index contributed by atoms with van der Waals surface area (Å²) in [6, 6.07) is 1.93. The number of benzene rings is 1. The van der Waals surface area contributed by atoms with Crippen LogP contribution in [0.1, 0.15) is 19.3 Å². The Labute approximate surface area is 96.3 Å². The van der Waals surface area contributed by atoms with Gasteiger partial charge in [-0.3, -0.25) is 4.79 Å². The fourth-order valence-corrected chi connectivity index (χ4v) is 1.29. The molecule has 1 aromatic rings. The minimum Gasteiger partial charge on any atom is -0.481 e. The van der Waals surface area contributed by atoms with Crippen molar-refractivity contribution in [3.8, 4) is 0 Å². The summed E-state index contributed by atoms with van der Waals surface area (Å²) >= 11 is 0. The van der Waals surface area contributed by atoms with E-state index in [4.69, 9.17) is 5.11 Å². The van der Waals surface area contributed by atoms with Gasteiger partial charge in [-0.2, -0.15) is 0 Å². The van der Waals surface area contributed by atoms with Gasteiger partial charge in [0.15, 0.2) is 17.5 Å². The van der Waals surface area contributed by atoms with Crippen LogP contribution in [0.15, 0.2) is 12.1 Å². The van der Waals surface area contributed by atoms with Crippen LogP contribution in [0.4, 0.5) is 18.9 Å². The zero-order valence-electron chi connectivity index (χ0n) is 8.97. The van der Waals surface area contributed by atoms with Crippen molar-refractivity contribution in [2.45, 2.75) is 19.3 Å². The fraction of sp³-hybridized carbons (Fsp3) is 0.364. The Morgan fingerprint density at radius 1 is 1.18 bits per heavy atom. The first-order chi connectivity index (χ1) is 8.02. The van der Waals surface area contributed by atoms with Gasteiger partial charge in [0, 0.05) is 13.0 Å². The quantitative estimate of drug-likeness (QED) is 0.600. The van der Waals surface area contributed by atoms with Crippen molar-refractivity contribution in [1.82, 2.24) is 0 Å². The van der Waals surface area contributed by atoms with E-state index >= 15 is 0 Å². The molecule has 0 aliphatic rings. The summed E-state index contributed by atoms with van der Waals surface area (Å²) in [7, 11) is 0. The summed E-state index contributed by atoms with van der Waals surface area (Å²) < 4.78 is 38.5. The molecule has 0 aromatic heterocycles. The molecule has 0 aliphatic heterocycles. The minimum absolute atomic E-state index is 0.0297. The van der Waals surface area contributed by atoms with Gasteiger partial charge in [-0.25, -0.2) is 13.2 Å². The first kappa shape index (κ1) is 13.3. The third-order valence-electron chi connectivity index (χ3n) is 2.17. The average Bonchev–Trinajstić information content (AvgIpc) is 2.28. The molecule has 0 saturated heterocycles. The molecule has 0 saturated carbocycles. The molecule has 94 valence electrons. The molecule has 0 unspecified atom stereocenters. The largest absolute Gasteiger partial charge is 0.481 e. The highest BCUT2D eigenvalue weighted by molar-refractivity contribution is 5.66. The molecular weight excluding hydrogens is 235 g/mol. The smallest absolute Gasteiger partial charge is 0.303 e. The van der Waals surface area contributed by atoms with Gasteiger partial charge < -0.3 is 10.4 Å². The summed E-state index contributed by atoms with van der Waals surface area (Å²) in [5, 5.41) is 10.9. The first-order valence-electron chi connectivity index (χ1n) is 5.11. The number of unbranched alkanes of at least 4 members (excludes halogenated alkanes) is 1. The van der Waals surface area contributed by atoms with Crippen LogP contribution in [-0.2, 0) is 4.79 Å². The number of anilines is 1. The molecule has 0 fully saturated rings. The van der Waals surface area contributed by atoms with Crippen LogP contribution in [0, 0.1) is 17.5 Å². The predicted molar refractivity (Wildman–Crippen MR) is 56.3 cm³/mol. The van der Waals surface area contributed by atoms with E-state index in [2.05, 4.69) is 5.32 Å². The highest BCUT2D eigenvalue weighted by Gasteiger charge is 2.12. The van der Waals surface area contributed by atoms with E-state index in [1.165, 1.54) is 0 Å². The van der Waals surface area contributed by atoms with Gasteiger partial charge in [0.1, 0.15) is 0 Å². The second-order valence-electron chi connectivity index (χ2n) is 3.50. The van der Waals surface area contributed by atoms with Gasteiger partial charge in [-0.1, -0.05) is 0 Å². The maximum atomic E-state index is 13.1. The van der Waals surface area contributed by atoms with Crippen molar-refractivity contribution in [2.24, 2.45) is 0 Å². The molecule has 0 bridgehead atoms. The molecule has 0 amide bonds. The zero-order chi connectivity index (χ0) is 12.8. The van der Waals surface area contributed by atoms with E-state index in [-0.39, 0.29) is 12.1 Å². The molecule has 0 atom stereocenters. The van der Waals surface area contributed by atoms with Crippen molar-refractivity contribution in [2.75, 3.05) is 11.9 Å². The molecule has 1 aromatic carbocycles. The first-order valence-corrected chi connectivity index (χ1v) is 5.11. The zero-order valence-corrected chi connectivity index (χ0v) is 8.97. The van der Waals surface area contributed by atoms with Gasteiger partial charge in [0.25, 0.3) is 0 Å². The van der Waals surface area contributed by atoms with E-state index in [9.17, 15) is 18.0 Å². The maximum absolute atomic E-state index is 13.1. The van der Waals surface area contributed by atoms with Crippen molar-refractivity contribution < 1.29 is 23.1 Å². The fourth-order valence-electron chi connectivity index (χ4n) is 1.29. The van der Waals surface area contributed by atoms with Crippen LogP contribution in [0.3, 0.4) is 0 Å². The van der Waals surface area contributed by atoms with E-state index in [1.54, 1.807) is 0 Å². The molecule has 0 spiro atoms. The number of aliphatic carboxylic acids is 1. The lowest BCUT2D eigenvalue weighted by Crippen LogP contribution is -2.06. The number of carbonyl (C=O) groups is 1. The van der Waals surface area contributed by atoms with Crippen LogP contribution in [0.2, 0.25) is 0 Å². The number of hydrogen-bond acceptors (Lipinski definition) is 2. The van der Waals surface area contributed by atoms with Gasteiger partial charge >= 0.3 is 5.97 Å². The monoisotopic (exact) mass is 247 g/mol. The molecule has 2 N–H and O–H groups in total. The number of carboxylic acids is 1. The summed E-state index contributed by atoms with van der Waals surface area (Å²) in [4.78, 5) is 10.2. The number of hydrogen-bond donors (Lipinski definition) is 2. The molecule has 3 nitrogen and oxygen atoms in total. The Morgan fingerprint density at radius 2 is 1.88 bits per heavy atom. The Balaban J connectivity index is 2.42. The summed E-state index contributed by atoms with van der Waals surface area (Å²) in [5.41, 5.74) is -0.126. The topological polar surface area (TPSA) is 49.3 Å². The summed E-state index contributed by atoms with van der Waals surface area (Å²) in [5.74, 6) is -4.91. The predicted octanol–water partition coefficient (Wildman–Crippen LogP) is 2.77. The minimum atomic E-state index is -1.51. The van der Waals surface area contributed by atoms with Crippen molar-refractivity contribution in [1.29, 1.82) is 0 Å². The lowest BCUT2D eigenvalue weighted by atomic mass is 10.2. The Kier molecular flexibility index (Phi) is 4.81. The van der Waals surface area contributed by atoms with Crippen LogP contribution in [-0.4, -0.2) is 17.6 Å². The van der Waals surface area contributed by atoms with Crippen LogP contribution in [0.5, 0.6) is 0 Å². The lowest BCUT2D eigenvalue weighted by molar-refractivity contribution is -0.137. The number of rotatable bonds is 6. The van der Waals surface area contributed by atoms with Gasteiger partial charge in [0.05, 0.1) is 5.69 Å². The maximum Gasteiger partial charge on any atom is 0.303 e. The standard InChI is InChI=1S/C11H12F3NO2/c12-7-4-5-8(11(14)10(7)13)15-6-2-1-3-9(16)17/h4-5,15H,1-3,6H2,(H,16,17). The molecule has 6 heteroatoms. The van der Waals surface area contributed by atoms with Crippen molar-refractivity contribution in [3.63, 3.8) is 0 Å². The average molecular weight is 247 g/mol. The van der Waals surface area contributed by atoms with E-state index < -0.39 is 23.4 Å². The van der Waals surface area contributed by atoms with Crippen LogP contribution in [0.25, 0.3) is 0 Å². The number of halogens is 3. The number of carboxylic acid groups (broad SMARTS) is 1. The lowest BCUT2D eigenvalue weighted by Gasteiger charge is -2.07. The van der Waals surface area contributed by atoms with Gasteiger partial charge in [-0.05, 0) is 25.0 Å². The normalized spacial score (nSPS) is 10.3. The highest BCUT2D eigenvalue weighted by Crippen LogP contribution is 2.19. The highest BCUT2D eigenvalue weighted by atomic mass is 19.2. The van der Waals surface area contributed by atoms with Crippen molar-refractivity contribution in [3.05, 3.63) is 29.6 Å². The van der Waals surface area contributed by atoms with Crippen molar-refractivity contribution >= 4 is 11.7 Å². The summed E-state index contributed by atoms with van der Waals surface area (Å²) in [6.07, 6.45) is 0.973. The molecule has 17 heavy (non-hydrogen) atoms. The van der Waals surface area contributed by atoms with Gasteiger partial charge in [-0.15, -0.1) is 0 Å². The second kappa shape index (κ2) is 6.12. The number of nitrogens with one attached hydrogen (secondary N) is 1. The Bertz CT molecular complexity index is 410. The third kappa shape index (κ3) is 3.97. The third-order valence-corrected chi connectivity index (χ3v) is 2.17. The van der Waals surface area contributed by atoms with E-state index in [1.807, 2.05) is 0 Å². The molecule has 1 rings (SSSR count). The molecule has 0 radical (unpaired) electrons. The second-order valence-corrected chi connectivity index (χ2v) is 3.50. The Hall–Kier alpha value is -1.72. The SMILES string of the molecule is O=C(O)CCCCNc1ccc(F)c(F)c1F. The van der Waals surface area contributed by atoms with Crippen LogP contribution < -0.4 is 5.32 Å². The van der Waals surface area contributed by atoms with Crippen LogP contribution >= 0.6 is 0 Å². The van der Waals surface area contributed by atoms with Gasteiger partial charge in [0.2, 0.25) is 0 Å².